The molecule has 0 heterocycles. The van der Waals surface area contributed by atoms with E-state index < -0.39 is 15.8 Å². The molecule has 3 rings (SSSR count). The van der Waals surface area contributed by atoms with Crippen molar-refractivity contribution >= 4 is 21.3 Å². The average molecular weight is 411 g/mol. The molecular weight excluding hydrogens is 392 g/mol. The normalized spacial score (nSPS) is 12.8. The van der Waals surface area contributed by atoms with Gasteiger partial charge in [0, 0.05) is 5.56 Å². The zero-order valence-corrected chi connectivity index (χ0v) is 16.7. The van der Waals surface area contributed by atoms with E-state index in [2.05, 4.69) is 4.40 Å². The summed E-state index contributed by atoms with van der Waals surface area (Å²) in [6.45, 7) is 3.63. The predicted molar refractivity (Wildman–Crippen MR) is 111 cm³/mol. The lowest BCUT2D eigenvalue weighted by atomic mass is 10.0. The Labute approximate surface area is 169 Å². The van der Waals surface area contributed by atoms with Gasteiger partial charge in [-0.3, -0.25) is 0 Å². The Hall–Kier alpha value is -3.12. The topological polar surface area (TPSA) is 46.5 Å². The predicted octanol–water partition coefficient (Wildman–Crippen LogP) is 5.55. The van der Waals surface area contributed by atoms with E-state index in [1.54, 1.807) is 37.3 Å². The van der Waals surface area contributed by atoms with Crippen LogP contribution >= 0.6 is 0 Å². The van der Waals surface area contributed by atoms with Gasteiger partial charge in [-0.15, -0.1) is 0 Å². The molecule has 0 atom stereocenters. The van der Waals surface area contributed by atoms with Crippen molar-refractivity contribution in [3.8, 4) is 0 Å². The van der Waals surface area contributed by atoms with Crippen LogP contribution in [0.25, 0.3) is 5.57 Å². The van der Waals surface area contributed by atoms with Gasteiger partial charge < -0.3 is 0 Å². The molecular formula is C23H19F2NO2S. The second-order valence-electron chi connectivity index (χ2n) is 6.61. The Morgan fingerprint density at radius 2 is 1.28 bits per heavy atom. The highest BCUT2D eigenvalue weighted by atomic mass is 32.2. The van der Waals surface area contributed by atoms with E-state index in [4.69, 9.17) is 0 Å². The summed E-state index contributed by atoms with van der Waals surface area (Å²) in [6, 6.07) is 17.6. The molecule has 3 aromatic carbocycles. The van der Waals surface area contributed by atoms with Crippen molar-refractivity contribution in [1.29, 1.82) is 0 Å². The van der Waals surface area contributed by atoms with Crippen molar-refractivity contribution in [2.24, 2.45) is 4.40 Å². The van der Waals surface area contributed by atoms with Crippen LogP contribution in [0.15, 0.2) is 88.2 Å². The van der Waals surface area contributed by atoms with Crippen LogP contribution in [0.1, 0.15) is 23.6 Å². The van der Waals surface area contributed by atoms with E-state index in [-0.39, 0.29) is 16.4 Å². The summed E-state index contributed by atoms with van der Waals surface area (Å²) in [5, 5.41) is 0. The molecule has 0 aromatic heterocycles. The molecule has 29 heavy (non-hydrogen) atoms. The standard InChI is InChI=1S/C23H19F2NO2S/c1-16-3-13-22(14-4-16)29(27,28)26-23(19-7-11-21(25)12-8-19)15-17(2)18-5-9-20(24)10-6-18/h3-15H,1-2H3/b17-15+,26-23-. The number of hydrogen-bond donors (Lipinski definition) is 0. The molecule has 3 nitrogen and oxygen atoms in total. The van der Waals surface area contributed by atoms with Gasteiger partial charge in [0.15, 0.2) is 0 Å². The van der Waals surface area contributed by atoms with Gasteiger partial charge in [-0.1, -0.05) is 29.8 Å². The third kappa shape index (κ3) is 5.23. The summed E-state index contributed by atoms with van der Waals surface area (Å²) >= 11 is 0. The number of aryl methyl sites for hydroxylation is 1. The molecule has 0 unspecified atom stereocenters. The highest BCUT2D eigenvalue weighted by Gasteiger charge is 2.15. The van der Waals surface area contributed by atoms with Crippen LogP contribution in [0.2, 0.25) is 0 Å². The van der Waals surface area contributed by atoms with Gasteiger partial charge in [-0.2, -0.15) is 12.8 Å². The van der Waals surface area contributed by atoms with Crippen LogP contribution in [0.3, 0.4) is 0 Å². The van der Waals surface area contributed by atoms with E-state index in [1.807, 2.05) is 6.92 Å². The van der Waals surface area contributed by atoms with E-state index in [0.29, 0.717) is 16.7 Å². The number of nitrogens with zero attached hydrogens (tertiary/aromatic N) is 1. The van der Waals surface area contributed by atoms with Gasteiger partial charge in [0.1, 0.15) is 11.6 Å². The highest BCUT2D eigenvalue weighted by Crippen LogP contribution is 2.19. The third-order valence-corrected chi connectivity index (χ3v) is 5.64. The third-order valence-electron chi connectivity index (χ3n) is 4.33. The molecule has 0 radical (unpaired) electrons. The van der Waals surface area contributed by atoms with Crippen LogP contribution in [0.4, 0.5) is 8.78 Å². The maximum Gasteiger partial charge on any atom is 0.282 e. The zero-order chi connectivity index (χ0) is 21.0. The molecule has 0 aliphatic rings. The van der Waals surface area contributed by atoms with Crippen molar-refractivity contribution in [2.45, 2.75) is 18.7 Å². The number of rotatable bonds is 5. The lowest BCUT2D eigenvalue weighted by molar-refractivity contribution is 0.598. The molecule has 3 aromatic rings. The summed E-state index contributed by atoms with van der Waals surface area (Å²) in [7, 11) is -3.98. The van der Waals surface area contributed by atoms with Crippen molar-refractivity contribution in [1.82, 2.24) is 0 Å². The van der Waals surface area contributed by atoms with Crippen LogP contribution < -0.4 is 0 Å². The first kappa shape index (κ1) is 20.6. The van der Waals surface area contributed by atoms with Gasteiger partial charge in [-0.05, 0) is 79.6 Å². The number of halogens is 2. The number of sulfonamides is 1. The summed E-state index contributed by atoms with van der Waals surface area (Å²) in [6.07, 6.45) is 1.59. The van der Waals surface area contributed by atoms with Crippen LogP contribution in [0.5, 0.6) is 0 Å². The fraction of sp³-hybridized carbons (Fsp3) is 0.0870. The van der Waals surface area contributed by atoms with Crippen molar-refractivity contribution in [3.05, 3.63) is 107 Å². The number of hydrogen-bond acceptors (Lipinski definition) is 2. The monoisotopic (exact) mass is 411 g/mol. The van der Waals surface area contributed by atoms with Gasteiger partial charge >= 0.3 is 0 Å². The van der Waals surface area contributed by atoms with Crippen molar-refractivity contribution in [3.63, 3.8) is 0 Å². The quantitative estimate of drug-likeness (QED) is 0.517. The SMILES string of the molecule is C/C(=C\C(=N\S(=O)(=O)c1ccc(C)cc1)c1ccc(F)cc1)c1ccc(F)cc1. The fourth-order valence-corrected chi connectivity index (χ4v) is 3.68. The molecule has 0 bridgehead atoms. The van der Waals surface area contributed by atoms with Crippen LogP contribution in [0, 0.1) is 18.6 Å². The van der Waals surface area contributed by atoms with E-state index in [1.165, 1.54) is 48.5 Å². The first-order valence-corrected chi connectivity index (χ1v) is 10.3. The second-order valence-corrected chi connectivity index (χ2v) is 8.21. The minimum atomic E-state index is -3.98. The van der Waals surface area contributed by atoms with Crippen molar-refractivity contribution < 1.29 is 17.2 Å². The van der Waals surface area contributed by atoms with Crippen molar-refractivity contribution in [2.75, 3.05) is 0 Å². The van der Waals surface area contributed by atoms with E-state index in [0.717, 1.165) is 5.56 Å². The van der Waals surface area contributed by atoms with Crippen LogP contribution in [-0.4, -0.2) is 14.1 Å². The molecule has 0 saturated carbocycles. The first-order valence-electron chi connectivity index (χ1n) is 8.86. The van der Waals surface area contributed by atoms with E-state index >= 15 is 0 Å². The van der Waals surface area contributed by atoms with Gasteiger partial charge in [0.25, 0.3) is 10.0 Å². The van der Waals surface area contributed by atoms with E-state index in [9.17, 15) is 17.2 Å². The molecule has 0 saturated heterocycles. The Morgan fingerprint density at radius 3 is 1.79 bits per heavy atom. The molecule has 148 valence electrons. The number of benzene rings is 3. The Bertz CT molecular complexity index is 1160. The Balaban J connectivity index is 2.11. The fourth-order valence-electron chi connectivity index (χ4n) is 2.68. The van der Waals surface area contributed by atoms with Gasteiger partial charge in [0.05, 0.1) is 10.6 Å². The summed E-state index contributed by atoms with van der Waals surface area (Å²) in [5.74, 6) is -0.801. The molecule has 0 N–H and O–H groups in total. The zero-order valence-electron chi connectivity index (χ0n) is 15.9. The van der Waals surface area contributed by atoms with Gasteiger partial charge in [-0.25, -0.2) is 8.78 Å². The van der Waals surface area contributed by atoms with Gasteiger partial charge in [0.2, 0.25) is 0 Å². The summed E-state index contributed by atoms with van der Waals surface area (Å²) in [5.41, 5.74) is 2.94. The highest BCUT2D eigenvalue weighted by molar-refractivity contribution is 7.90. The summed E-state index contributed by atoms with van der Waals surface area (Å²) in [4.78, 5) is 0.0653. The lowest BCUT2D eigenvalue weighted by Gasteiger charge is -2.07. The summed E-state index contributed by atoms with van der Waals surface area (Å²) < 4.78 is 56.2. The first-order chi connectivity index (χ1) is 13.7. The lowest BCUT2D eigenvalue weighted by Crippen LogP contribution is -2.05. The molecule has 6 heteroatoms. The maximum atomic E-state index is 13.3. The maximum absolute atomic E-state index is 13.3. The van der Waals surface area contributed by atoms with Crippen LogP contribution in [-0.2, 0) is 10.0 Å². The average Bonchev–Trinajstić information content (AvgIpc) is 2.68. The minimum Gasteiger partial charge on any atom is -0.207 e. The minimum absolute atomic E-state index is 0.0653. The molecule has 0 amide bonds. The molecule has 0 aliphatic heterocycles. The molecule has 0 aliphatic carbocycles. The number of allylic oxidation sites excluding steroid dienone is 2. The largest absolute Gasteiger partial charge is 0.282 e. The smallest absolute Gasteiger partial charge is 0.207 e. The second kappa shape index (κ2) is 8.49. The Kier molecular flexibility index (Phi) is 6.03. The molecule has 0 spiro atoms. The molecule has 0 fully saturated rings. The Morgan fingerprint density at radius 1 is 0.793 bits per heavy atom.